The first-order chi connectivity index (χ1) is 8.16. The summed E-state index contributed by atoms with van der Waals surface area (Å²) in [6.07, 6.45) is 15.3. The number of rotatable bonds is 11. The van der Waals surface area contributed by atoms with Crippen molar-refractivity contribution in [1.82, 2.24) is 0 Å². The fourth-order valence-electron chi connectivity index (χ4n) is 1.84. The molecule has 0 aliphatic heterocycles. The first kappa shape index (κ1) is 16.4. The lowest BCUT2D eigenvalue weighted by atomic mass is 10.0. The summed E-state index contributed by atoms with van der Waals surface area (Å²) >= 11 is 0. The van der Waals surface area contributed by atoms with Gasteiger partial charge in [-0.1, -0.05) is 51.7 Å². The number of hydrogen-bond acceptors (Lipinski definition) is 1. The molecule has 0 rings (SSSR count). The standard InChI is InChI=1S/C16H30O/c1-4-15(2)13-11-9-7-5-6-8-10-12-14-16(3)17/h6,8,15H,4-5,7,9-14H2,1-3H3. The summed E-state index contributed by atoms with van der Waals surface area (Å²) in [6, 6.07) is 0. The fraction of sp³-hybridized carbons (Fsp3) is 0.812. The molecule has 1 atom stereocenters. The van der Waals surface area contributed by atoms with Crippen molar-refractivity contribution in [2.75, 3.05) is 0 Å². The summed E-state index contributed by atoms with van der Waals surface area (Å²) < 4.78 is 0. The minimum atomic E-state index is 0.309. The molecule has 0 saturated carbocycles. The summed E-state index contributed by atoms with van der Waals surface area (Å²) in [5, 5.41) is 0. The van der Waals surface area contributed by atoms with Crippen LogP contribution in [0.1, 0.15) is 78.6 Å². The van der Waals surface area contributed by atoms with Gasteiger partial charge in [0.25, 0.3) is 0 Å². The van der Waals surface area contributed by atoms with Crippen molar-refractivity contribution >= 4 is 5.78 Å². The van der Waals surface area contributed by atoms with Crippen molar-refractivity contribution in [2.45, 2.75) is 78.6 Å². The van der Waals surface area contributed by atoms with E-state index < -0.39 is 0 Å². The van der Waals surface area contributed by atoms with Crippen LogP contribution < -0.4 is 0 Å². The molecular formula is C16H30O. The van der Waals surface area contributed by atoms with Crippen LogP contribution >= 0.6 is 0 Å². The topological polar surface area (TPSA) is 17.1 Å². The molecule has 17 heavy (non-hydrogen) atoms. The second-order valence-corrected chi connectivity index (χ2v) is 5.22. The highest BCUT2D eigenvalue weighted by molar-refractivity contribution is 5.75. The third kappa shape index (κ3) is 13.3. The van der Waals surface area contributed by atoms with Gasteiger partial charge < -0.3 is 4.79 Å². The largest absolute Gasteiger partial charge is 0.300 e. The number of unbranched alkanes of at least 4 members (excludes halogenated alkanes) is 4. The van der Waals surface area contributed by atoms with E-state index in [0.29, 0.717) is 5.78 Å². The molecule has 0 aromatic heterocycles. The van der Waals surface area contributed by atoms with Crippen LogP contribution in [0.3, 0.4) is 0 Å². The quantitative estimate of drug-likeness (QED) is 0.353. The Morgan fingerprint density at radius 3 is 2.29 bits per heavy atom. The summed E-state index contributed by atoms with van der Waals surface area (Å²) in [4.78, 5) is 10.7. The van der Waals surface area contributed by atoms with Gasteiger partial charge in [0.15, 0.2) is 0 Å². The van der Waals surface area contributed by atoms with Crippen molar-refractivity contribution in [3.8, 4) is 0 Å². The van der Waals surface area contributed by atoms with Crippen molar-refractivity contribution in [3.05, 3.63) is 12.2 Å². The molecule has 0 saturated heterocycles. The lowest BCUT2D eigenvalue weighted by Crippen LogP contribution is -1.91. The van der Waals surface area contributed by atoms with Gasteiger partial charge in [-0.3, -0.25) is 0 Å². The van der Waals surface area contributed by atoms with Gasteiger partial charge in [-0.05, 0) is 38.5 Å². The Morgan fingerprint density at radius 2 is 1.71 bits per heavy atom. The van der Waals surface area contributed by atoms with Crippen molar-refractivity contribution in [3.63, 3.8) is 0 Å². The van der Waals surface area contributed by atoms with Gasteiger partial charge in [-0.2, -0.15) is 0 Å². The molecule has 1 unspecified atom stereocenters. The summed E-state index contributed by atoms with van der Waals surface area (Å²) in [5.41, 5.74) is 0. The molecule has 0 radical (unpaired) electrons. The normalized spacial score (nSPS) is 13.1. The molecule has 1 nitrogen and oxygen atoms in total. The monoisotopic (exact) mass is 238 g/mol. The smallest absolute Gasteiger partial charge is 0.129 e. The van der Waals surface area contributed by atoms with Crippen LogP contribution in [0.2, 0.25) is 0 Å². The van der Waals surface area contributed by atoms with Gasteiger partial charge in [0, 0.05) is 6.42 Å². The molecule has 0 aromatic rings. The van der Waals surface area contributed by atoms with Crippen LogP contribution in [0.5, 0.6) is 0 Å². The van der Waals surface area contributed by atoms with Crippen LogP contribution in [-0.4, -0.2) is 5.78 Å². The molecule has 0 heterocycles. The number of hydrogen-bond donors (Lipinski definition) is 0. The van der Waals surface area contributed by atoms with Crippen LogP contribution in [0.25, 0.3) is 0 Å². The van der Waals surface area contributed by atoms with Gasteiger partial charge in [0.05, 0.1) is 0 Å². The highest BCUT2D eigenvalue weighted by atomic mass is 16.1. The molecule has 0 aromatic carbocycles. The summed E-state index contributed by atoms with van der Waals surface area (Å²) in [7, 11) is 0. The Balaban J connectivity index is 3.16. The Labute approximate surface area is 108 Å². The maximum Gasteiger partial charge on any atom is 0.129 e. The van der Waals surface area contributed by atoms with E-state index in [2.05, 4.69) is 26.0 Å². The van der Waals surface area contributed by atoms with E-state index in [9.17, 15) is 4.79 Å². The molecule has 0 bridgehead atoms. The molecule has 0 aliphatic carbocycles. The third-order valence-electron chi connectivity index (χ3n) is 3.33. The van der Waals surface area contributed by atoms with E-state index in [1.807, 2.05) is 0 Å². The summed E-state index contributed by atoms with van der Waals surface area (Å²) in [6.45, 7) is 6.28. The molecule has 1 heteroatoms. The predicted molar refractivity (Wildman–Crippen MR) is 76.2 cm³/mol. The Bertz CT molecular complexity index is 206. The minimum absolute atomic E-state index is 0.309. The average Bonchev–Trinajstić information content (AvgIpc) is 2.30. The lowest BCUT2D eigenvalue weighted by Gasteiger charge is -2.06. The highest BCUT2D eigenvalue weighted by Crippen LogP contribution is 2.13. The minimum Gasteiger partial charge on any atom is -0.300 e. The number of carbonyl (C=O) groups is 1. The van der Waals surface area contributed by atoms with E-state index in [0.717, 1.165) is 25.2 Å². The van der Waals surface area contributed by atoms with Gasteiger partial charge >= 0.3 is 0 Å². The van der Waals surface area contributed by atoms with Gasteiger partial charge in [0.2, 0.25) is 0 Å². The number of ketones is 1. The molecule has 0 spiro atoms. The average molecular weight is 238 g/mol. The van der Waals surface area contributed by atoms with Gasteiger partial charge in [-0.15, -0.1) is 0 Å². The fourth-order valence-corrected chi connectivity index (χ4v) is 1.84. The van der Waals surface area contributed by atoms with Crippen molar-refractivity contribution in [1.29, 1.82) is 0 Å². The number of carbonyl (C=O) groups excluding carboxylic acids is 1. The molecule has 100 valence electrons. The van der Waals surface area contributed by atoms with Crippen molar-refractivity contribution < 1.29 is 4.79 Å². The number of Topliss-reactive ketones (excluding diaryl/α,β-unsaturated/α-hetero) is 1. The molecule has 0 aliphatic rings. The van der Waals surface area contributed by atoms with Gasteiger partial charge in [0.1, 0.15) is 5.78 Å². The first-order valence-electron chi connectivity index (χ1n) is 7.31. The Morgan fingerprint density at radius 1 is 1.06 bits per heavy atom. The van der Waals surface area contributed by atoms with Crippen LogP contribution in [0.4, 0.5) is 0 Å². The molecular weight excluding hydrogens is 208 g/mol. The van der Waals surface area contributed by atoms with Crippen LogP contribution in [0.15, 0.2) is 12.2 Å². The molecule has 0 N–H and O–H groups in total. The molecule has 0 fully saturated rings. The van der Waals surface area contributed by atoms with Crippen LogP contribution in [-0.2, 0) is 4.79 Å². The van der Waals surface area contributed by atoms with E-state index in [4.69, 9.17) is 0 Å². The van der Waals surface area contributed by atoms with Crippen molar-refractivity contribution in [2.24, 2.45) is 5.92 Å². The lowest BCUT2D eigenvalue weighted by molar-refractivity contribution is -0.117. The third-order valence-corrected chi connectivity index (χ3v) is 3.33. The SMILES string of the molecule is CCC(C)CCCCCC=CCCCC(C)=O. The number of allylic oxidation sites excluding steroid dienone is 2. The Hall–Kier alpha value is -0.590. The highest BCUT2D eigenvalue weighted by Gasteiger charge is 1.97. The van der Waals surface area contributed by atoms with E-state index in [-0.39, 0.29) is 0 Å². The van der Waals surface area contributed by atoms with E-state index >= 15 is 0 Å². The maximum absolute atomic E-state index is 10.7. The zero-order chi connectivity index (χ0) is 12.9. The molecule has 0 amide bonds. The van der Waals surface area contributed by atoms with E-state index in [1.165, 1.54) is 38.5 Å². The maximum atomic E-state index is 10.7. The zero-order valence-electron chi connectivity index (χ0n) is 12.0. The van der Waals surface area contributed by atoms with Gasteiger partial charge in [-0.25, -0.2) is 0 Å². The Kier molecular flexibility index (Phi) is 11.5. The second-order valence-electron chi connectivity index (χ2n) is 5.22. The first-order valence-corrected chi connectivity index (χ1v) is 7.31. The second kappa shape index (κ2) is 11.9. The zero-order valence-corrected chi connectivity index (χ0v) is 12.0. The predicted octanol–water partition coefficient (Wildman–Crippen LogP) is 5.30. The summed E-state index contributed by atoms with van der Waals surface area (Å²) in [5.74, 6) is 1.21. The van der Waals surface area contributed by atoms with Crippen LogP contribution in [0, 0.1) is 5.92 Å². The van der Waals surface area contributed by atoms with E-state index in [1.54, 1.807) is 6.92 Å².